The van der Waals surface area contributed by atoms with Gasteiger partial charge in [0, 0.05) is 32.9 Å². The molecule has 1 aromatic carbocycles. The number of nitrogens with zero attached hydrogens (tertiary/aromatic N) is 2. The normalized spacial score (nSPS) is 20.6. The van der Waals surface area contributed by atoms with Gasteiger partial charge < -0.3 is 15.0 Å². The zero-order valence-corrected chi connectivity index (χ0v) is 15.3. The second-order valence-electron chi connectivity index (χ2n) is 5.90. The highest BCUT2D eigenvalue weighted by atomic mass is 35.5. The van der Waals surface area contributed by atoms with E-state index in [1.165, 1.54) is 18.4 Å². The first-order valence-corrected chi connectivity index (χ1v) is 9.03. The van der Waals surface area contributed by atoms with Crippen LogP contribution >= 0.6 is 12.4 Å². The molecule has 2 aliphatic heterocycles. The quantitative estimate of drug-likeness (QED) is 0.818. The number of halogens is 1. The molecular weight excluding hydrogens is 354 g/mol. The van der Waals surface area contributed by atoms with Crippen molar-refractivity contribution in [2.75, 3.05) is 45.3 Å². The average molecular weight is 376 g/mol. The SMILES string of the molecule is CN(C)S(=O)(=O)c1ccc2c(c1)N(C(=O)C1COCCN1)CC2.Cl. The Morgan fingerprint density at radius 2 is 2.12 bits per heavy atom. The summed E-state index contributed by atoms with van der Waals surface area (Å²) in [5, 5.41) is 3.15. The van der Waals surface area contributed by atoms with Gasteiger partial charge in [-0.05, 0) is 24.1 Å². The largest absolute Gasteiger partial charge is 0.378 e. The fraction of sp³-hybridized carbons (Fsp3) is 0.533. The Hall–Kier alpha value is -1.19. The summed E-state index contributed by atoms with van der Waals surface area (Å²) in [5.41, 5.74) is 1.68. The molecule has 1 unspecified atom stereocenters. The third-order valence-corrected chi connectivity index (χ3v) is 6.03. The van der Waals surface area contributed by atoms with E-state index in [2.05, 4.69) is 5.32 Å². The Morgan fingerprint density at radius 1 is 1.38 bits per heavy atom. The topological polar surface area (TPSA) is 79.0 Å². The van der Waals surface area contributed by atoms with Crippen molar-refractivity contribution in [1.29, 1.82) is 0 Å². The molecule has 0 aliphatic carbocycles. The highest BCUT2D eigenvalue weighted by Gasteiger charge is 2.32. The minimum absolute atomic E-state index is 0. The van der Waals surface area contributed by atoms with Crippen LogP contribution in [0.3, 0.4) is 0 Å². The molecule has 9 heteroatoms. The molecule has 1 atom stereocenters. The van der Waals surface area contributed by atoms with Crippen LogP contribution in [0.1, 0.15) is 5.56 Å². The maximum Gasteiger partial charge on any atom is 0.246 e. The summed E-state index contributed by atoms with van der Waals surface area (Å²) in [7, 11) is -0.528. The zero-order chi connectivity index (χ0) is 16.6. The van der Waals surface area contributed by atoms with Gasteiger partial charge >= 0.3 is 0 Å². The Kier molecular flexibility index (Phi) is 5.87. The van der Waals surface area contributed by atoms with E-state index in [0.717, 1.165) is 12.0 Å². The van der Waals surface area contributed by atoms with Crippen molar-refractivity contribution in [2.24, 2.45) is 0 Å². The van der Waals surface area contributed by atoms with E-state index in [1.807, 2.05) is 0 Å². The van der Waals surface area contributed by atoms with E-state index in [9.17, 15) is 13.2 Å². The minimum Gasteiger partial charge on any atom is -0.378 e. The number of benzene rings is 1. The van der Waals surface area contributed by atoms with Crippen LogP contribution in [0.15, 0.2) is 23.1 Å². The first-order chi connectivity index (χ1) is 10.9. The number of nitrogens with one attached hydrogen (secondary N) is 1. The lowest BCUT2D eigenvalue weighted by atomic mass is 10.1. The van der Waals surface area contributed by atoms with Gasteiger partial charge in [-0.2, -0.15) is 0 Å². The summed E-state index contributed by atoms with van der Waals surface area (Å²) in [6.45, 7) is 2.16. The molecule has 3 rings (SSSR count). The van der Waals surface area contributed by atoms with Crippen LogP contribution in [0.5, 0.6) is 0 Å². The summed E-state index contributed by atoms with van der Waals surface area (Å²) in [5.74, 6) is -0.0668. The first-order valence-electron chi connectivity index (χ1n) is 7.59. The van der Waals surface area contributed by atoms with Crippen LogP contribution in [0.4, 0.5) is 5.69 Å². The lowest BCUT2D eigenvalue weighted by Crippen LogP contribution is -2.52. The Labute approximate surface area is 148 Å². The van der Waals surface area contributed by atoms with E-state index < -0.39 is 10.0 Å². The minimum atomic E-state index is -3.52. The molecule has 7 nitrogen and oxygen atoms in total. The number of morpholine rings is 1. The van der Waals surface area contributed by atoms with Crippen LogP contribution < -0.4 is 10.2 Å². The van der Waals surface area contributed by atoms with E-state index >= 15 is 0 Å². The summed E-state index contributed by atoms with van der Waals surface area (Å²) >= 11 is 0. The lowest BCUT2D eigenvalue weighted by Gasteiger charge is -2.28. The highest BCUT2D eigenvalue weighted by molar-refractivity contribution is 7.89. The Morgan fingerprint density at radius 3 is 2.75 bits per heavy atom. The van der Waals surface area contributed by atoms with Crippen LogP contribution in [0.2, 0.25) is 0 Å². The van der Waals surface area contributed by atoms with Crippen molar-refractivity contribution in [1.82, 2.24) is 9.62 Å². The van der Waals surface area contributed by atoms with Crippen molar-refractivity contribution >= 4 is 34.0 Å². The number of amides is 1. The third kappa shape index (κ3) is 3.43. The number of fused-ring (bicyclic) bond motifs is 1. The summed E-state index contributed by atoms with van der Waals surface area (Å²) in [4.78, 5) is 14.5. The predicted molar refractivity (Wildman–Crippen MR) is 93.2 cm³/mol. The number of rotatable bonds is 3. The number of sulfonamides is 1. The second-order valence-corrected chi connectivity index (χ2v) is 8.05. The standard InChI is InChI=1S/C15H21N3O4S.ClH/c1-17(2)23(20,21)12-4-3-11-5-7-18(14(11)9-12)15(19)13-10-22-8-6-16-13;/h3-4,9,13,16H,5-8,10H2,1-2H3;1H. The van der Waals surface area contributed by atoms with Crippen LogP contribution in [-0.2, 0) is 26.0 Å². The molecule has 0 spiro atoms. The number of hydrogen-bond donors (Lipinski definition) is 1. The van der Waals surface area contributed by atoms with Gasteiger partial charge in [-0.25, -0.2) is 12.7 Å². The fourth-order valence-corrected chi connectivity index (χ4v) is 3.79. The van der Waals surface area contributed by atoms with E-state index in [0.29, 0.717) is 32.0 Å². The van der Waals surface area contributed by atoms with Crippen molar-refractivity contribution in [2.45, 2.75) is 17.4 Å². The molecule has 134 valence electrons. The second kappa shape index (κ2) is 7.37. The van der Waals surface area contributed by atoms with Crippen LogP contribution in [0, 0.1) is 0 Å². The molecule has 2 aliphatic rings. The number of carbonyl (C=O) groups excluding carboxylic acids is 1. The Balaban J connectivity index is 0.00000208. The molecule has 1 amide bonds. The van der Waals surface area contributed by atoms with Gasteiger partial charge in [0.1, 0.15) is 6.04 Å². The van der Waals surface area contributed by atoms with Gasteiger partial charge in [0.2, 0.25) is 15.9 Å². The maximum absolute atomic E-state index is 12.7. The van der Waals surface area contributed by atoms with E-state index in [-0.39, 0.29) is 29.3 Å². The van der Waals surface area contributed by atoms with Crippen LogP contribution in [0.25, 0.3) is 0 Å². The molecular formula is C15H22ClN3O4S. The smallest absolute Gasteiger partial charge is 0.246 e. The molecule has 24 heavy (non-hydrogen) atoms. The zero-order valence-electron chi connectivity index (χ0n) is 13.7. The van der Waals surface area contributed by atoms with Gasteiger partial charge in [0.05, 0.1) is 18.1 Å². The number of ether oxygens (including phenoxy) is 1. The molecule has 0 saturated carbocycles. The van der Waals surface area contributed by atoms with Crippen molar-refractivity contribution in [3.8, 4) is 0 Å². The fourth-order valence-electron chi connectivity index (χ4n) is 2.87. The van der Waals surface area contributed by atoms with Crippen LogP contribution in [-0.4, -0.2) is 65.1 Å². The molecule has 1 saturated heterocycles. The average Bonchev–Trinajstić information content (AvgIpc) is 2.97. The molecule has 1 N–H and O–H groups in total. The highest BCUT2D eigenvalue weighted by Crippen LogP contribution is 2.31. The van der Waals surface area contributed by atoms with E-state index in [1.54, 1.807) is 23.1 Å². The summed E-state index contributed by atoms with van der Waals surface area (Å²) in [6.07, 6.45) is 0.733. The van der Waals surface area contributed by atoms with Gasteiger partial charge in [-0.3, -0.25) is 4.79 Å². The molecule has 1 fully saturated rings. The first kappa shape index (κ1) is 19.1. The maximum atomic E-state index is 12.7. The lowest BCUT2D eigenvalue weighted by molar-refractivity contribution is -0.123. The van der Waals surface area contributed by atoms with Gasteiger partial charge in [0.25, 0.3) is 0 Å². The third-order valence-electron chi connectivity index (χ3n) is 4.22. The monoisotopic (exact) mass is 375 g/mol. The van der Waals surface area contributed by atoms with Gasteiger partial charge in [-0.15, -0.1) is 12.4 Å². The molecule has 1 aromatic rings. The van der Waals surface area contributed by atoms with Gasteiger partial charge in [0.15, 0.2) is 0 Å². The number of hydrogen-bond acceptors (Lipinski definition) is 5. The number of anilines is 1. The van der Waals surface area contributed by atoms with Crippen molar-refractivity contribution < 1.29 is 17.9 Å². The summed E-state index contributed by atoms with van der Waals surface area (Å²) < 4.78 is 31.1. The van der Waals surface area contributed by atoms with E-state index in [4.69, 9.17) is 4.74 Å². The molecule has 2 heterocycles. The van der Waals surface area contributed by atoms with Gasteiger partial charge in [-0.1, -0.05) is 6.07 Å². The molecule has 0 radical (unpaired) electrons. The Bertz CT molecular complexity index is 717. The summed E-state index contributed by atoms with van der Waals surface area (Å²) in [6, 6.07) is 4.62. The predicted octanol–water partition coefficient (Wildman–Crippen LogP) is 0.236. The number of carbonyl (C=O) groups is 1. The van der Waals surface area contributed by atoms with Crippen molar-refractivity contribution in [3.63, 3.8) is 0 Å². The molecule has 0 aromatic heterocycles. The molecule has 0 bridgehead atoms. The van der Waals surface area contributed by atoms with Crippen molar-refractivity contribution in [3.05, 3.63) is 23.8 Å².